The Labute approximate surface area is 89.3 Å². The normalized spacial score (nSPS) is 11.9. The maximum absolute atomic E-state index is 10.9. The molecule has 0 spiro atoms. The highest BCUT2D eigenvalue weighted by Crippen LogP contribution is 2.14. The molecule has 0 saturated carbocycles. The summed E-state index contributed by atoms with van der Waals surface area (Å²) in [5.74, 6) is 0. The number of sulfonamides is 1. The molecule has 0 aliphatic rings. The smallest absolute Gasteiger partial charge is 0.238 e. The molecular weight excluding hydrogens is 214 g/mol. The molecule has 5 nitrogen and oxygen atoms in total. The second-order valence-electron chi connectivity index (χ2n) is 3.25. The molecule has 1 rings (SSSR count). The summed E-state index contributed by atoms with van der Waals surface area (Å²) in [6.45, 7) is 0. The minimum Gasteiger partial charge on any atom is -0.369 e. The van der Waals surface area contributed by atoms with E-state index in [1.165, 1.54) is 12.1 Å². The number of nitrogens with two attached hydrogens (primary N) is 1. The summed E-state index contributed by atoms with van der Waals surface area (Å²) in [6.07, 6.45) is 1.63. The lowest BCUT2D eigenvalue weighted by molar-refractivity contribution is 0.598. The van der Waals surface area contributed by atoms with Crippen LogP contribution in [0.15, 0.2) is 34.2 Å². The molecule has 0 fully saturated rings. The summed E-state index contributed by atoms with van der Waals surface area (Å²) < 4.78 is 21.9. The van der Waals surface area contributed by atoms with E-state index in [9.17, 15) is 8.42 Å². The molecule has 0 heterocycles. The highest BCUT2D eigenvalue weighted by atomic mass is 32.2. The molecule has 0 aliphatic heterocycles. The van der Waals surface area contributed by atoms with Crippen molar-refractivity contribution in [3.05, 3.63) is 24.3 Å². The van der Waals surface area contributed by atoms with E-state index in [4.69, 9.17) is 5.14 Å². The van der Waals surface area contributed by atoms with Gasteiger partial charge in [-0.25, -0.2) is 18.5 Å². The topological polar surface area (TPSA) is 75.8 Å². The van der Waals surface area contributed by atoms with Crippen molar-refractivity contribution in [2.75, 3.05) is 14.1 Å². The Morgan fingerprint density at radius 1 is 1.27 bits per heavy atom. The van der Waals surface area contributed by atoms with Crippen LogP contribution in [-0.2, 0) is 10.0 Å². The van der Waals surface area contributed by atoms with E-state index in [1.54, 1.807) is 23.4 Å². The van der Waals surface area contributed by atoms with E-state index in [1.807, 2.05) is 14.1 Å². The Bertz CT molecular complexity index is 449. The largest absolute Gasteiger partial charge is 0.369 e. The lowest BCUT2D eigenvalue weighted by Crippen LogP contribution is -2.11. The van der Waals surface area contributed by atoms with Crippen LogP contribution in [0.2, 0.25) is 0 Å². The van der Waals surface area contributed by atoms with Crippen molar-refractivity contribution in [3.8, 4) is 0 Å². The van der Waals surface area contributed by atoms with E-state index in [-0.39, 0.29) is 4.90 Å². The number of rotatable bonds is 3. The van der Waals surface area contributed by atoms with E-state index < -0.39 is 10.0 Å². The Morgan fingerprint density at radius 2 is 1.80 bits per heavy atom. The Hall–Kier alpha value is -1.40. The molecule has 1 aromatic carbocycles. The summed E-state index contributed by atoms with van der Waals surface area (Å²) in [4.78, 5) is 5.97. The maximum Gasteiger partial charge on any atom is 0.238 e. The molecule has 0 saturated heterocycles. The van der Waals surface area contributed by atoms with Crippen LogP contribution in [0.25, 0.3) is 0 Å². The summed E-state index contributed by atoms with van der Waals surface area (Å²) in [6, 6.07) is 6.05. The third-order valence-electron chi connectivity index (χ3n) is 1.60. The molecule has 0 bridgehead atoms. The maximum atomic E-state index is 10.9. The van der Waals surface area contributed by atoms with Crippen LogP contribution in [0.1, 0.15) is 0 Å². The number of primary sulfonamides is 1. The molecule has 0 atom stereocenters. The van der Waals surface area contributed by atoms with E-state index >= 15 is 0 Å². The quantitative estimate of drug-likeness (QED) is 0.605. The second-order valence-corrected chi connectivity index (χ2v) is 4.81. The second kappa shape index (κ2) is 4.41. The first kappa shape index (κ1) is 11.7. The molecule has 82 valence electrons. The van der Waals surface area contributed by atoms with Crippen LogP contribution in [0.4, 0.5) is 5.69 Å². The third-order valence-corrected chi connectivity index (χ3v) is 2.53. The number of benzene rings is 1. The van der Waals surface area contributed by atoms with Crippen molar-refractivity contribution in [1.29, 1.82) is 0 Å². The van der Waals surface area contributed by atoms with Crippen LogP contribution in [0.5, 0.6) is 0 Å². The lowest BCUT2D eigenvalue weighted by Gasteiger charge is -2.02. The minimum atomic E-state index is -3.61. The van der Waals surface area contributed by atoms with Gasteiger partial charge in [-0.05, 0) is 24.3 Å². The van der Waals surface area contributed by atoms with E-state index in [2.05, 4.69) is 4.99 Å². The molecule has 0 radical (unpaired) electrons. The van der Waals surface area contributed by atoms with Gasteiger partial charge < -0.3 is 4.90 Å². The zero-order valence-corrected chi connectivity index (χ0v) is 9.40. The molecule has 0 unspecified atom stereocenters. The van der Waals surface area contributed by atoms with Gasteiger partial charge in [0.05, 0.1) is 16.9 Å². The Morgan fingerprint density at radius 3 is 2.20 bits per heavy atom. The zero-order valence-electron chi connectivity index (χ0n) is 8.58. The number of hydrogen-bond donors (Lipinski definition) is 1. The minimum absolute atomic E-state index is 0.0892. The van der Waals surface area contributed by atoms with Gasteiger partial charge in [0.1, 0.15) is 0 Å². The van der Waals surface area contributed by atoms with Crippen molar-refractivity contribution >= 4 is 22.0 Å². The molecular formula is C9H13N3O2S. The first-order chi connectivity index (χ1) is 6.89. The third kappa shape index (κ3) is 3.69. The van der Waals surface area contributed by atoms with Crippen molar-refractivity contribution in [1.82, 2.24) is 4.90 Å². The molecule has 0 amide bonds. The lowest BCUT2D eigenvalue weighted by atomic mass is 10.3. The van der Waals surface area contributed by atoms with Crippen LogP contribution in [-0.4, -0.2) is 33.8 Å². The van der Waals surface area contributed by atoms with Gasteiger partial charge in [0.25, 0.3) is 0 Å². The van der Waals surface area contributed by atoms with E-state index in [0.717, 1.165) is 0 Å². The predicted octanol–water partition coefficient (Wildman–Crippen LogP) is 0.555. The Kier molecular flexibility index (Phi) is 3.43. The average Bonchev–Trinajstić information content (AvgIpc) is 2.14. The Balaban J connectivity index is 2.91. The fourth-order valence-electron chi connectivity index (χ4n) is 0.904. The van der Waals surface area contributed by atoms with Gasteiger partial charge in [0, 0.05) is 14.1 Å². The van der Waals surface area contributed by atoms with Gasteiger partial charge in [-0.15, -0.1) is 0 Å². The predicted molar refractivity (Wildman–Crippen MR) is 59.7 cm³/mol. The molecule has 0 aromatic heterocycles. The SMILES string of the molecule is CN(C)C=Nc1ccc(S(N)(=O)=O)cc1. The van der Waals surface area contributed by atoms with Gasteiger partial charge in [0.15, 0.2) is 0 Å². The standard InChI is InChI=1S/C9H13N3O2S/c1-12(2)7-11-8-3-5-9(6-4-8)15(10,13)14/h3-7H,1-2H3,(H2,10,13,14). The summed E-state index contributed by atoms with van der Waals surface area (Å²) >= 11 is 0. The average molecular weight is 227 g/mol. The fourth-order valence-corrected chi connectivity index (χ4v) is 1.42. The van der Waals surface area contributed by atoms with Crippen molar-refractivity contribution < 1.29 is 8.42 Å². The first-order valence-corrected chi connectivity index (χ1v) is 5.78. The van der Waals surface area contributed by atoms with Gasteiger partial charge in [-0.3, -0.25) is 0 Å². The fraction of sp³-hybridized carbons (Fsp3) is 0.222. The van der Waals surface area contributed by atoms with Crippen LogP contribution >= 0.6 is 0 Å². The van der Waals surface area contributed by atoms with E-state index in [0.29, 0.717) is 5.69 Å². The van der Waals surface area contributed by atoms with Gasteiger partial charge >= 0.3 is 0 Å². The van der Waals surface area contributed by atoms with Gasteiger partial charge in [-0.1, -0.05) is 0 Å². The number of aliphatic imine (C=N–C) groups is 1. The summed E-state index contributed by atoms with van der Waals surface area (Å²) in [7, 11) is 0.0857. The van der Waals surface area contributed by atoms with Crippen LogP contribution in [0, 0.1) is 0 Å². The number of hydrogen-bond acceptors (Lipinski definition) is 3. The molecule has 6 heteroatoms. The highest BCUT2D eigenvalue weighted by Gasteiger charge is 2.05. The molecule has 1 aromatic rings. The summed E-state index contributed by atoms with van der Waals surface area (Å²) in [5.41, 5.74) is 0.677. The molecule has 2 N–H and O–H groups in total. The molecule has 0 aliphatic carbocycles. The van der Waals surface area contributed by atoms with Crippen molar-refractivity contribution in [2.24, 2.45) is 10.1 Å². The summed E-state index contributed by atoms with van der Waals surface area (Å²) in [5, 5.41) is 4.95. The van der Waals surface area contributed by atoms with Crippen molar-refractivity contribution in [3.63, 3.8) is 0 Å². The van der Waals surface area contributed by atoms with Gasteiger partial charge in [-0.2, -0.15) is 0 Å². The number of nitrogens with zero attached hydrogens (tertiary/aromatic N) is 2. The zero-order chi connectivity index (χ0) is 11.5. The van der Waals surface area contributed by atoms with Crippen LogP contribution < -0.4 is 5.14 Å². The van der Waals surface area contributed by atoms with Gasteiger partial charge in [0.2, 0.25) is 10.0 Å². The highest BCUT2D eigenvalue weighted by molar-refractivity contribution is 7.89. The van der Waals surface area contributed by atoms with Crippen LogP contribution in [0.3, 0.4) is 0 Å². The molecule has 15 heavy (non-hydrogen) atoms. The first-order valence-electron chi connectivity index (χ1n) is 4.23. The monoisotopic (exact) mass is 227 g/mol. The van der Waals surface area contributed by atoms with Crippen molar-refractivity contribution in [2.45, 2.75) is 4.90 Å².